The second-order valence-electron chi connectivity index (χ2n) is 5.77. The van der Waals surface area contributed by atoms with Gasteiger partial charge in [0.25, 0.3) is 5.56 Å². The van der Waals surface area contributed by atoms with E-state index in [9.17, 15) is 9.59 Å². The molecule has 1 heterocycles. The summed E-state index contributed by atoms with van der Waals surface area (Å²) >= 11 is 3.38. The zero-order valence-electron chi connectivity index (χ0n) is 12.9. The minimum absolute atomic E-state index is 0.208. The van der Waals surface area contributed by atoms with Gasteiger partial charge in [-0.2, -0.15) is 5.10 Å². The maximum atomic E-state index is 12.3. The SMILES string of the molecule is CC(C(=O)NCc1ccc(Br)cc1)n1nc2c(cc1=O)CCC2. The first-order valence-corrected chi connectivity index (χ1v) is 8.47. The van der Waals surface area contributed by atoms with Crippen LogP contribution in [0.5, 0.6) is 0 Å². The van der Waals surface area contributed by atoms with Gasteiger partial charge in [-0.25, -0.2) is 4.68 Å². The molecule has 1 aromatic heterocycles. The lowest BCUT2D eigenvalue weighted by Gasteiger charge is -2.15. The van der Waals surface area contributed by atoms with Crippen LogP contribution in [0.15, 0.2) is 39.6 Å². The van der Waals surface area contributed by atoms with Crippen molar-refractivity contribution in [2.24, 2.45) is 0 Å². The van der Waals surface area contributed by atoms with Gasteiger partial charge in [0.2, 0.25) is 5.91 Å². The van der Waals surface area contributed by atoms with E-state index < -0.39 is 6.04 Å². The number of halogens is 1. The highest BCUT2D eigenvalue weighted by Gasteiger charge is 2.21. The van der Waals surface area contributed by atoms with Crippen molar-refractivity contribution in [1.29, 1.82) is 0 Å². The highest BCUT2D eigenvalue weighted by atomic mass is 79.9. The average Bonchev–Trinajstić information content (AvgIpc) is 2.99. The Labute approximate surface area is 142 Å². The summed E-state index contributed by atoms with van der Waals surface area (Å²) in [4.78, 5) is 24.5. The Morgan fingerprint density at radius 2 is 2.09 bits per heavy atom. The molecular formula is C17H18BrN3O2. The van der Waals surface area contributed by atoms with Gasteiger partial charge in [0.15, 0.2) is 0 Å². The molecule has 1 aliphatic rings. The average molecular weight is 376 g/mol. The molecule has 1 aromatic carbocycles. The summed E-state index contributed by atoms with van der Waals surface area (Å²) < 4.78 is 2.29. The molecule has 0 saturated heterocycles. The second kappa shape index (κ2) is 6.66. The lowest BCUT2D eigenvalue weighted by molar-refractivity contribution is -0.124. The first kappa shape index (κ1) is 15.9. The second-order valence-corrected chi connectivity index (χ2v) is 6.69. The van der Waals surface area contributed by atoms with Crippen LogP contribution < -0.4 is 10.9 Å². The van der Waals surface area contributed by atoms with Gasteiger partial charge in [-0.3, -0.25) is 9.59 Å². The molecule has 1 aliphatic carbocycles. The van der Waals surface area contributed by atoms with Crippen LogP contribution in [0, 0.1) is 0 Å². The molecule has 0 spiro atoms. The summed E-state index contributed by atoms with van der Waals surface area (Å²) in [6.07, 6.45) is 2.81. The number of aromatic nitrogens is 2. The molecule has 3 rings (SSSR count). The van der Waals surface area contributed by atoms with Gasteiger partial charge in [0.05, 0.1) is 5.69 Å². The largest absolute Gasteiger partial charge is 0.350 e. The van der Waals surface area contributed by atoms with Crippen LogP contribution in [-0.4, -0.2) is 15.7 Å². The molecule has 1 atom stereocenters. The molecule has 0 aliphatic heterocycles. The number of carbonyl (C=O) groups excluding carboxylic acids is 1. The van der Waals surface area contributed by atoms with Gasteiger partial charge in [0.1, 0.15) is 6.04 Å². The van der Waals surface area contributed by atoms with Crippen molar-refractivity contribution in [3.05, 3.63) is 62.0 Å². The van der Waals surface area contributed by atoms with Gasteiger partial charge >= 0.3 is 0 Å². The molecule has 2 aromatic rings. The van der Waals surface area contributed by atoms with Crippen LogP contribution in [0.25, 0.3) is 0 Å². The molecule has 1 N–H and O–H groups in total. The highest BCUT2D eigenvalue weighted by Crippen LogP contribution is 2.18. The van der Waals surface area contributed by atoms with Crippen molar-refractivity contribution in [1.82, 2.24) is 15.1 Å². The Morgan fingerprint density at radius 1 is 1.35 bits per heavy atom. The lowest BCUT2D eigenvalue weighted by atomic mass is 10.2. The van der Waals surface area contributed by atoms with E-state index in [0.29, 0.717) is 6.54 Å². The van der Waals surface area contributed by atoms with Crippen molar-refractivity contribution in [3.63, 3.8) is 0 Å². The number of benzene rings is 1. The lowest BCUT2D eigenvalue weighted by Crippen LogP contribution is -2.37. The van der Waals surface area contributed by atoms with Crippen molar-refractivity contribution < 1.29 is 4.79 Å². The van der Waals surface area contributed by atoms with Crippen LogP contribution in [0.1, 0.15) is 36.2 Å². The minimum atomic E-state index is -0.621. The summed E-state index contributed by atoms with van der Waals surface area (Å²) in [6, 6.07) is 8.73. The Kier molecular flexibility index (Phi) is 4.61. The Bertz CT molecular complexity index is 783. The number of carbonyl (C=O) groups is 1. The molecule has 0 fully saturated rings. The molecular weight excluding hydrogens is 358 g/mol. The molecule has 6 heteroatoms. The summed E-state index contributed by atoms with van der Waals surface area (Å²) in [5.41, 5.74) is 2.76. The molecule has 120 valence electrons. The highest BCUT2D eigenvalue weighted by molar-refractivity contribution is 9.10. The van der Waals surface area contributed by atoms with Gasteiger partial charge in [-0.05, 0) is 49.4 Å². The van der Waals surface area contributed by atoms with Crippen LogP contribution in [0.2, 0.25) is 0 Å². The predicted octanol–water partition coefficient (Wildman–Crippen LogP) is 2.37. The summed E-state index contributed by atoms with van der Waals surface area (Å²) in [6.45, 7) is 2.13. The molecule has 1 unspecified atom stereocenters. The maximum absolute atomic E-state index is 12.3. The van der Waals surface area contributed by atoms with Crippen LogP contribution in [0.4, 0.5) is 0 Å². The topological polar surface area (TPSA) is 64.0 Å². The molecule has 23 heavy (non-hydrogen) atoms. The van der Waals surface area contributed by atoms with E-state index in [2.05, 4.69) is 26.3 Å². The zero-order chi connectivity index (χ0) is 16.4. The molecule has 5 nitrogen and oxygen atoms in total. The van der Waals surface area contributed by atoms with E-state index >= 15 is 0 Å². The van der Waals surface area contributed by atoms with Gasteiger partial charge in [0, 0.05) is 17.1 Å². The standard InChI is InChI=1S/C17H18BrN3O2/c1-11(17(23)19-10-12-5-7-14(18)8-6-12)21-16(22)9-13-3-2-4-15(13)20-21/h5-9,11H,2-4,10H2,1H3,(H,19,23). The molecule has 0 saturated carbocycles. The number of nitrogens with zero attached hydrogens (tertiary/aromatic N) is 2. The van der Waals surface area contributed by atoms with E-state index in [1.54, 1.807) is 13.0 Å². The fraction of sp³-hybridized carbons (Fsp3) is 0.353. The van der Waals surface area contributed by atoms with E-state index in [4.69, 9.17) is 0 Å². The van der Waals surface area contributed by atoms with E-state index in [1.165, 1.54) is 4.68 Å². The predicted molar refractivity (Wildman–Crippen MR) is 91.2 cm³/mol. The zero-order valence-corrected chi connectivity index (χ0v) is 14.5. The third kappa shape index (κ3) is 3.52. The number of amides is 1. The third-order valence-corrected chi connectivity index (χ3v) is 4.64. The Morgan fingerprint density at radius 3 is 2.83 bits per heavy atom. The summed E-state index contributed by atoms with van der Waals surface area (Å²) in [7, 11) is 0. The fourth-order valence-corrected chi connectivity index (χ4v) is 3.01. The van der Waals surface area contributed by atoms with Crippen LogP contribution in [0.3, 0.4) is 0 Å². The molecule has 0 bridgehead atoms. The van der Waals surface area contributed by atoms with Crippen molar-refractivity contribution in [2.75, 3.05) is 0 Å². The fourth-order valence-electron chi connectivity index (χ4n) is 2.74. The quantitative estimate of drug-likeness (QED) is 0.891. The van der Waals surface area contributed by atoms with E-state index in [-0.39, 0.29) is 11.5 Å². The monoisotopic (exact) mass is 375 g/mol. The van der Waals surface area contributed by atoms with Gasteiger partial charge < -0.3 is 5.32 Å². The van der Waals surface area contributed by atoms with Crippen LogP contribution >= 0.6 is 15.9 Å². The molecule has 0 radical (unpaired) electrons. The minimum Gasteiger partial charge on any atom is -0.350 e. The van der Waals surface area contributed by atoms with Crippen molar-refractivity contribution >= 4 is 21.8 Å². The summed E-state index contributed by atoms with van der Waals surface area (Å²) in [5, 5.41) is 7.24. The summed E-state index contributed by atoms with van der Waals surface area (Å²) in [5.74, 6) is -0.208. The number of nitrogens with one attached hydrogen (secondary N) is 1. The van der Waals surface area contributed by atoms with Crippen molar-refractivity contribution in [3.8, 4) is 0 Å². The van der Waals surface area contributed by atoms with Gasteiger partial charge in [-0.1, -0.05) is 28.1 Å². The molecule has 1 amide bonds. The van der Waals surface area contributed by atoms with Crippen LogP contribution in [-0.2, 0) is 24.2 Å². The van der Waals surface area contributed by atoms with E-state index in [1.807, 2.05) is 24.3 Å². The van der Waals surface area contributed by atoms with E-state index in [0.717, 1.165) is 40.6 Å². The Balaban J connectivity index is 1.70. The number of aryl methyl sites for hydroxylation is 2. The Hall–Kier alpha value is -1.95. The van der Waals surface area contributed by atoms with Gasteiger partial charge in [-0.15, -0.1) is 0 Å². The number of fused-ring (bicyclic) bond motifs is 1. The number of hydrogen-bond acceptors (Lipinski definition) is 3. The van der Waals surface area contributed by atoms with Crippen molar-refractivity contribution in [2.45, 2.75) is 38.8 Å². The number of rotatable bonds is 4. The maximum Gasteiger partial charge on any atom is 0.267 e. The number of hydrogen-bond donors (Lipinski definition) is 1. The first-order valence-electron chi connectivity index (χ1n) is 7.68. The normalized spacial score (nSPS) is 14.3. The first-order chi connectivity index (χ1) is 11.0. The smallest absolute Gasteiger partial charge is 0.267 e. The third-order valence-electron chi connectivity index (χ3n) is 4.11.